The number of para-hydroxylation sites is 2. The van der Waals surface area contributed by atoms with Gasteiger partial charge in [0.05, 0.1) is 17.4 Å². The Morgan fingerprint density at radius 3 is 2.94 bits per heavy atom. The molecule has 0 bridgehead atoms. The van der Waals surface area contributed by atoms with E-state index in [0.717, 1.165) is 24.2 Å². The number of anilines is 2. The summed E-state index contributed by atoms with van der Waals surface area (Å²) in [6.07, 6.45) is 2.20. The Bertz CT molecular complexity index is 493. The van der Waals surface area contributed by atoms with Gasteiger partial charge in [-0.15, -0.1) is 0 Å². The summed E-state index contributed by atoms with van der Waals surface area (Å²) in [7, 11) is 0. The lowest BCUT2D eigenvalue weighted by molar-refractivity contribution is -0.115. The third-order valence-corrected chi connectivity index (χ3v) is 2.91. The molecule has 1 saturated carbocycles. The fraction of sp³-hybridized carbons (Fsp3) is 0.333. The van der Waals surface area contributed by atoms with Crippen molar-refractivity contribution in [3.8, 4) is 0 Å². The van der Waals surface area contributed by atoms with Crippen molar-refractivity contribution >= 4 is 23.2 Å². The van der Waals surface area contributed by atoms with Crippen molar-refractivity contribution in [3.05, 3.63) is 24.3 Å². The van der Waals surface area contributed by atoms with Crippen molar-refractivity contribution in [2.75, 3.05) is 16.8 Å². The minimum Gasteiger partial charge on any atom is -0.369 e. The van der Waals surface area contributed by atoms with Gasteiger partial charge in [0.15, 0.2) is 5.96 Å². The third kappa shape index (κ3) is 1.95. The highest BCUT2D eigenvalue weighted by Gasteiger charge is 2.26. The first-order chi connectivity index (χ1) is 8.24. The fourth-order valence-electron chi connectivity index (χ4n) is 1.90. The van der Waals surface area contributed by atoms with Crippen LogP contribution in [0, 0.1) is 0 Å². The molecule has 1 aromatic rings. The Hall–Kier alpha value is -2.04. The summed E-state index contributed by atoms with van der Waals surface area (Å²) in [4.78, 5) is 17.7. The molecule has 1 amide bonds. The number of rotatable bonds is 1. The maximum absolute atomic E-state index is 11.6. The fourth-order valence-corrected chi connectivity index (χ4v) is 1.90. The second-order valence-corrected chi connectivity index (χ2v) is 4.37. The Labute approximate surface area is 99.3 Å². The van der Waals surface area contributed by atoms with E-state index in [9.17, 15) is 4.79 Å². The molecule has 1 aliphatic heterocycles. The van der Waals surface area contributed by atoms with Crippen LogP contribution in [0.2, 0.25) is 0 Å². The number of aliphatic imine (C=N–C) groups is 1. The smallest absolute Gasteiger partial charge is 0.244 e. The van der Waals surface area contributed by atoms with E-state index in [-0.39, 0.29) is 12.5 Å². The highest BCUT2D eigenvalue weighted by molar-refractivity contribution is 6.10. The van der Waals surface area contributed by atoms with Crippen molar-refractivity contribution in [1.82, 2.24) is 0 Å². The summed E-state index contributed by atoms with van der Waals surface area (Å²) >= 11 is 0. The van der Waals surface area contributed by atoms with Gasteiger partial charge in [0.2, 0.25) is 5.91 Å². The SMILES string of the molecule is NC(=NC1CC1)N1CC(=O)Nc2ccccc21. The molecular weight excluding hydrogens is 216 g/mol. The van der Waals surface area contributed by atoms with E-state index in [4.69, 9.17) is 5.73 Å². The molecule has 5 nitrogen and oxygen atoms in total. The number of nitrogens with one attached hydrogen (secondary N) is 1. The summed E-state index contributed by atoms with van der Waals surface area (Å²) in [6, 6.07) is 7.96. The predicted octanol–water partition coefficient (Wildman–Crippen LogP) is 0.922. The number of carbonyl (C=O) groups excluding carboxylic acids is 1. The second-order valence-electron chi connectivity index (χ2n) is 4.37. The molecule has 0 atom stereocenters. The minimum absolute atomic E-state index is 0.0577. The lowest BCUT2D eigenvalue weighted by Gasteiger charge is -2.29. The van der Waals surface area contributed by atoms with Crippen LogP contribution in [0.25, 0.3) is 0 Å². The molecule has 1 aliphatic carbocycles. The number of guanidine groups is 1. The highest BCUT2D eigenvalue weighted by atomic mass is 16.2. The summed E-state index contributed by atoms with van der Waals surface area (Å²) in [5, 5.41) is 2.82. The zero-order valence-electron chi connectivity index (χ0n) is 9.39. The first kappa shape index (κ1) is 10.1. The molecule has 0 radical (unpaired) electrons. The number of fused-ring (bicyclic) bond motifs is 1. The van der Waals surface area contributed by atoms with Crippen LogP contribution in [-0.2, 0) is 4.79 Å². The van der Waals surface area contributed by atoms with E-state index in [2.05, 4.69) is 10.3 Å². The molecule has 17 heavy (non-hydrogen) atoms. The number of nitrogens with zero attached hydrogens (tertiary/aromatic N) is 2. The summed E-state index contributed by atoms with van der Waals surface area (Å²) < 4.78 is 0. The second kappa shape index (κ2) is 3.76. The van der Waals surface area contributed by atoms with Crippen molar-refractivity contribution in [2.45, 2.75) is 18.9 Å². The Balaban J connectivity index is 1.96. The van der Waals surface area contributed by atoms with Gasteiger partial charge in [-0.2, -0.15) is 0 Å². The van der Waals surface area contributed by atoms with Gasteiger partial charge >= 0.3 is 0 Å². The first-order valence-electron chi connectivity index (χ1n) is 5.74. The highest BCUT2D eigenvalue weighted by Crippen LogP contribution is 2.30. The van der Waals surface area contributed by atoms with Crippen LogP contribution in [0.1, 0.15) is 12.8 Å². The molecule has 1 aromatic carbocycles. The van der Waals surface area contributed by atoms with Gasteiger partial charge in [0, 0.05) is 0 Å². The first-order valence-corrected chi connectivity index (χ1v) is 5.74. The molecule has 0 aromatic heterocycles. The summed E-state index contributed by atoms with van der Waals surface area (Å²) in [5.41, 5.74) is 7.66. The predicted molar refractivity (Wildman–Crippen MR) is 67.1 cm³/mol. The molecule has 3 N–H and O–H groups in total. The van der Waals surface area contributed by atoms with Gasteiger partial charge in [-0.3, -0.25) is 4.79 Å². The van der Waals surface area contributed by atoms with E-state index in [0.29, 0.717) is 12.0 Å². The monoisotopic (exact) mass is 230 g/mol. The van der Waals surface area contributed by atoms with Crippen molar-refractivity contribution in [3.63, 3.8) is 0 Å². The van der Waals surface area contributed by atoms with E-state index < -0.39 is 0 Å². The van der Waals surface area contributed by atoms with Gasteiger partial charge in [0.25, 0.3) is 0 Å². The Morgan fingerprint density at radius 2 is 2.18 bits per heavy atom. The molecule has 0 saturated heterocycles. The molecule has 0 spiro atoms. The Kier molecular flexibility index (Phi) is 2.24. The molecule has 5 heteroatoms. The molecule has 2 aliphatic rings. The number of hydrogen-bond donors (Lipinski definition) is 2. The van der Waals surface area contributed by atoms with Crippen molar-refractivity contribution < 1.29 is 4.79 Å². The number of amides is 1. The quantitative estimate of drug-likeness (QED) is 0.556. The zero-order chi connectivity index (χ0) is 11.8. The van der Waals surface area contributed by atoms with Gasteiger partial charge < -0.3 is 16.0 Å². The van der Waals surface area contributed by atoms with Crippen molar-refractivity contribution in [2.24, 2.45) is 10.7 Å². The van der Waals surface area contributed by atoms with Crippen LogP contribution in [0.5, 0.6) is 0 Å². The maximum Gasteiger partial charge on any atom is 0.244 e. The number of hydrogen-bond acceptors (Lipinski definition) is 2. The van der Waals surface area contributed by atoms with Gasteiger partial charge in [0.1, 0.15) is 6.54 Å². The minimum atomic E-state index is -0.0577. The van der Waals surface area contributed by atoms with Crippen LogP contribution in [0.3, 0.4) is 0 Å². The molecule has 1 heterocycles. The van der Waals surface area contributed by atoms with E-state index in [1.54, 1.807) is 4.90 Å². The zero-order valence-corrected chi connectivity index (χ0v) is 9.39. The topological polar surface area (TPSA) is 70.7 Å². The summed E-state index contributed by atoms with van der Waals surface area (Å²) in [6.45, 7) is 0.235. The molecule has 1 fully saturated rings. The van der Waals surface area contributed by atoms with Crippen LogP contribution in [0.15, 0.2) is 29.3 Å². The molecule has 3 rings (SSSR count). The number of nitrogens with two attached hydrogens (primary N) is 1. The average Bonchev–Trinajstić information content (AvgIpc) is 3.11. The average molecular weight is 230 g/mol. The molecule has 88 valence electrons. The Morgan fingerprint density at radius 1 is 1.41 bits per heavy atom. The maximum atomic E-state index is 11.6. The molecule has 0 unspecified atom stereocenters. The van der Waals surface area contributed by atoms with Crippen LogP contribution in [0.4, 0.5) is 11.4 Å². The summed E-state index contributed by atoms with van der Waals surface area (Å²) in [5.74, 6) is 0.382. The van der Waals surface area contributed by atoms with Gasteiger partial charge in [-0.1, -0.05) is 12.1 Å². The van der Waals surface area contributed by atoms with E-state index >= 15 is 0 Å². The van der Waals surface area contributed by atoms with E-state index in [1.165, 1.54) is 0 Å². The van der Waals surface area contributed by atoms with E-state index in [1.807, 2.05) is 24.3 Å². The normalized spacial score (nSPS) is 19.9. The van der Waals surface area contributed by atoms with Crippen LogP contribution < -0.4 is 16.0 Å². The van der Waals surface area contributed by atoms with Gasteiger partial charge in [-0.25, -0.2) is 4.99 Å². The molecular formula is C12H14N4O. The lowest BCUT2D eigenvalue weighted by atomic mass is 10.2. The van der Waals surface area contributed by atoms with Crippen molar-refractivity contribution in [1.29, 1.82) is 0 Å². The van der Waals surface area contributed by atoms with Gasteiger partial charge in [-0.05, 0) is 25.0 Å². The largest absolute Gasteiger partial charge is 0.369 e. The standard InChI is InChI=1S/C12H14N4O/c13-12(14-8-5-6-8)16-7-11(17)15-9-3-1-2-4-10(9)16/h1-4,8H,5-7H2,(H2,13,14)(H,15,17). The lowest BCUT2D eigenvalue weighted by Crippen LogP contribution is -2.46. The third-order valence-electron chi connectivity index (χ3n) is 2.91. The number of benzene rings is 1. The van der Waals surface area contributed by atoms with Crippen LogP contribution >= 0.6 is 0 Å². The van der Waals surface area contributed by atoms with Crippen LogP contribution in [-0.4, -0.2) is 24.5 Å². The number of carbonyl (C=O) groups is 1.